The summed E-state index contributed by atoms with van der Waals surface area (Å²) in [6.45, 7) is 0. The Morgan fingerprint density at radius 1 is 1.10 bits per heavy atom. The van der Waals surface area contributed by atoms with Crippen molar-refractivity contribution >= 4 is 23.6 Å². The number of carboxylic acid groups (broad SMARTS) is 1. The molecule has 2 nitrogen and oxygen atoms in total. The fraction of sp³-hybridized carbons (Fsp3) is 0.0588. The molecule has 0 aliphatic carbocycles. The molecule has 1 N–H and O–H groups in total. The summed E-state index contributed by atoms with van der Waals surface area (Å²) in [6.07, 6.45) is 1.94. The van der Waals surface area contributed by atoms with Crippen LogP contribution in [0.25, 0.3) is 6.08 Å². The molecule has 0 spiro atoms. The van der Waals surface area contributed by atoms with Gasteiger partial charge in [0.25, 0.3) is 0 Å². The van der Waals surface area contributed by atoms with E-state index in [4.69, 9.17) is 11.6 Å². The zero-order valence-electron chi connectivity index (χ0n) is 10.7. The highest BCUT2D eigenvalue weighted by Crippen LogP contribution is 2.16. The van der Waals surface area contributed by atoms with Crippen LogP contribution in [-0.4, -0.2) is 11.1 Å². The molecule has 0 saturated carbocycles. The maximum Gasteiger partial charge on any atom is 0.339 e. The summed E-state index contributed by atoms with van der Waals surface area (Å²) in [5, 5.41) is 9.80. The molecule has 3 heteroatoms. The molecular weight excluding hydrogens is 272 g/mol. The van der Waals surface area contributed by atoms with Crippen LogP contribution in [-0.2, 0) is 11.2 Å². The fourth-order valence-electron chi connectivity index (χ4n) is 1.75. The molecule has 0 aromatic heterocycles. The van der Waals surface area contributed by atoms with Gasteiger partial charge in [0.2, 0.25) is 0 Å². The summed E-state index contributed by atoms with van der Waals surface area (Å²) < 4.78 is 0. The summed E-state index contributed by atoms with van der Waals surface area (Å²) in [6, 6.07) is 16.7. The molecule has 2 rings (SSSR count). The monoisotopic (exact) mass is 284 g/mol. The van der Waals surface area contributed by atoms with E-state index in [1.807, 2.05) is 48.5 Å². The van der Waals surface area contributed by atoms with Crippen molar-refractivity contribution in [1.29, 1.82) is 0 Å². The first-order chi connectivity index (χ1) is 9.66. The molecule has 20 heavy (non-hydrogen) atoms. The minimum absolute atomic E-state index is 0.205. The normalized spacial score (nSPS) is 9.65. The molecule has 0 aliphatic heterocycles. The van der Waals surface area contributed by atoms with Gasteiger partial charge >= 0.3 is 5.97 Å². The molecule has 0 fully saturated rings. The summed E-state index contributed by atoms with van der Waals surface area (Å²) in [5.74, 6) is -0.975. The molecule has 0 saturated heterocycles. The topological polar surface area (TPSA) is 37.3 Å². The van der Waals surface area contributed by atoms with E-state index in [1.165, 1.54) is 0 Å². The number of benzene rings is 2. The lowest BCUT2D eigenvalue weighted by Crippen LogP contribution is -2.02. The first-order valence-corrected chi connectivity index (χ1v) is 6.52. The molecule has 0 amide bonds. The van der Waals surface area contributed by atoms with E-state index in [1.54, 1.807) is 12.1 Å². The standard InChI is InChI=1S/C17H13ClO2/c18-16-9-5-4-8-14(16)10-11-15(17(19)20)12-13-6-2-1-3-7-13/h1-10H,12H2,(H,19,20). The van der Waals surface area contributed by atoms with Crippen molar-refractivity contribution in [2.75, 3.05) is 0 Å². The molecule has 0 atom stereocenters. The van der Waals surface area contributed by atoms with Crippen molar-refractivity contribution in [2.24, 2.45) is 0 Å². The highest BCUT2D eigenvalue weighted by atomic mass is 35.5. The van der Waals surface area contributed by atoms with Crippen LogP contribution in [0.2, 0.25) is 5.02 Å². The van der Waals surface area contributed by atoms with E-state index >= 15 is 0 Å². The van der Waals surface area contributed by atoms with Gasteiger partial charge in [0.1, 0.15) is 0 Å². The van der Waals surface area contributed by atoms with Crippen LogP contribution in [0.3, 0.4) is 0 Å². The van der Waals surface area contributed by atoms with Crippen LogP contribution >= 0.6 is 11.6 Å². The van der Waals surface area contributed by atoms with Crippen molar-refractivity contribution in [3.63, 3.8) is 0 Å². The first-order valence-electron chi connectivity index (χ1n) is 6.14. The molecule has 0 unspecified atom stereocenters. The van der Waals surface area contributed by atoms with E-state index in [2.05, 4.69) is 5.73 Å². The van der Waals surface area contributed by atoms with Crippen LogP contribution < -0.4 is 0 Å². The minimum Gasteiger partial charge on any atom is -0.477 e. The highest BCUT2D eigenvalue weighted by molar-refractivity contribution is 6.32. The summed E-state index contributed by atoms with van der Waals surface area (Å²) in [7, 11) is 0. The van der Waals surface area contributed by atoms with Crippen LogP contribution in [0.1, 0.15) is 11.1 Å². The van der Waals surface area contributed by atoms with Gasteiger partial charge in [0, 0.05) is 17.0 Å². The Hall–Kier alpha value is -2.28. The molecule has 2 aromatic carbocycles. The van der Waals surface area contributed by atoms with Gasteiger partial charge in [0.15, 0.2) is 0 Å². The predicted octanol–water partition coefficient (Wildman–Crippen LogP) is 4.21. The second-order valence-electron chi connectivity index (χ2n) is 4.26. The summed E-state index contributed by atoms with van der Waals surface area (Å²) in [5.41, 5.74) is 4.72. The van der Waals surface area contributed by atoms with E-state index in [-0.39, 0.29) is 5.57 Å². The Bertz CT molecular complexity index is 668. The van der Waals surface area contributed by atoms with Gasteiger partial charge in [0.05, 0.1) is 5.57 Å². The number of aliphatic carboxylic acids is 1. The third-order valence-electron chi connectivity index (χ3n) is 2.79. The maximum atomic E-state index is 11.3. The van der Waals surface area contributed by atoms with Gasteiger partial charge in [-0.1, -0.05) is 60.1 Å². The largest absolute Gasteiger partial charge is 0.477 e. The number of hydrogen-bond donors (Lipinski definition) is 1. The van der Waals surface area contributed by atoms with Gasteiger partial charge in [-0.3, -0.25) is 0 Å². The average Bonchev–Trinajstić information content (AvgIpc) is 2.46. The molecule has 0 aliphatic rings. The molecule has 100 valence electrons. The molecule has 2 aromatic rings. The van der Waals surface area contributed by atoms with Crippen molar-refractivity contribution < 1.29 is 9.90 Å². The minimum atomic E-state index is -0.975. The van der Waals surface area contributed by atoms with Gasteiger partial charge in [-0.05, 0) is 17.7 Å². The Balaban J connectivity index is 2.31. The molecule has 0 heterocycles. The van der Waals surface area contributed by atoms with Crippen LogP contribution in [0, 0.1) is 0 Å². The molecule has 0 radical (unpaired) electrons. The van der Waals surface area contributed by atoms with Gasteiger partial charge in [-0.2, -0.15) is 0 Å². The molecular formula is C17H13ClO2. The quantitative estimate of drug-likeness (QED) is 0.675. The number of carboxylic acids is 1. The zero-order valence-corrected chi connectivity index (χ0v) is 11.5. The van der Waals surface area contributed by atoms with Crippen molar-refractivity contribution in [1.82, 2.24) is 0 Å². The van der Waals surface area contributed by atoms with Crippen molar-refractivity contribution in [3.05, 3.63) is 82.1 Å². The van der Waals surface area contributed by atoms with Crippen molar-refractivity contribution in [3.8, 4) is 0 Å². The zero-order chi connectivity index (χ0) is 14.4. The van der Waals surface area contributed by atoms with Gasteiger partial charge in [-0.15, -0.1) is 5.73 Å². The van der Waals surface area contributed by atoms with Gasteiger partial charge < -0.3 is 5.11 Å². The van der Waals surface area contributed by atoms with Gasteiger partial charge in [-0.25, -0.2) is 4.79 Å². The highest BCUT2D eigenvalue weighted by Gasteiger charge is 2.07. The second kappa shape index (κ2) is 6.76. The number of halogens is 1. The Labute approximate surface area is 122 Å². The van der Waals surface area contributed by atoms with E-state index in [0.717, 1.165) is 11.1 Å². The number of rotatable bonds is 4. The fourth-order valence-corrected chi connectivity index (χ4v) is 1.94. The third kappa shape index (κ3) is 3.86. The van der Waals surface area contributed by atoms with Crippen molar-refractivity contribution in [2.45, 2.75) is 6.42 Å². The Morgan fingerprint density at radius 2 is 1.75 bits per heavy atom. The number of hydrogen-bond acceptors (Lipinski definition) is 1. The van der Waals surface area contributed by atoms with E-state index < -0.39 is 5.97 Å². The Morgan fingerprint density at radius 3 is 2.40 bits per heavy atom. The first kappa shape index (κ1) is 14.1. The van der Waals surface area contributed by atoms with E-state index in [9.17, 15) is 9.90 Å². The third-order valence-corrected chi connectivity index (χ3v) is 3.13. The number of carbonyl (C=O) groups is 1. The smallest absolute Gasteiger partial charge is 0.339 e. The predicted molar refractivity (Wildman–Crippen MR) is 80.7 cm³/mol. The van der Waals surface area contributed by atoms with Crippen LogP contribution in [0.4, 0.5) is 0 Å². The average molecular weight is 285 g/mol. The summed E-state index contributed by atoms with van der Waals surface area (Å²) in [4.78, 5) is 11.3. The maximum absolute atomic E-state index is 11.3. The Kier molecular flexibility index (Phi) is 4.78. The second-order valence-corrected chi connectivity index (χ2v) is 4.66. The SMILES string of the molecule is O=C(O)C(=C=Cc1ccccc1Cl)Cc1ccccc1. The lowest BCUT2D eigenvalue weighted by molar-refractivity contribution is -0.132. The van der Waals surface area contributed by atoms with Crippen LogP contribution in [0.15, 0.2) is 65.9 Å². The lowest BCUT2D eigenvalue weighted by Gasteiger charge is -2.00. The van der Waals surface area contributed by atoms with Crippen LogP contribution in [0.5, 0.6) is 0 Å². The summed E-state index contributed by atoms with van der Waals surface area (Å²) >= 11 is 6.02. The lowest BCUT2D eigenvalue weighted by atomic mass is 10.1. The van der Waals surface area contributed by atoms with E-state index in [0.29, 0.717) is 11.4 Å². The molecule has 0 bridgehead atoms.